The summed E-state index contributed by atoms with van der Waals surface area (Å²) in [6, 6.07) is 5.68. The first-order valence-corrected chi connectivity index (χ1v) is 5.00. The van der Waals surface area contributed by atoms with Crippen LogP contribution in [-0.2, 0) is 12.8 Å². The number of fused-ring (bicyclic) bond motifs is 1. The van der Waals surface area contributed by atoms with E-state index in [2.05, 4.69) is 4.90 Å². The summed E-state index contributed by atoms with van der Waals surface area (Å²) in [5.41, 5.74) is 2.58. The van der Waals surface area contributed by atoms with Crippen LogP contribution >= 0.6 is 0 Å². The average molecular weight is 206 g/mol. The first kappa shape index (κ1) is 10.1. The molecule has 4 nitrogen and oxygen atoms in total. The Morgan fingerprint density at radius 1 is 1.33 bits per heavy atom. The standard InChI is InChI=1S/C11H14N2O2/c1-12(2)11-5-8-3-4-10(13(14)15)6-9(8)7-11/h3-4,6,11H,5,7H2,1-2H3. The van der Waals surface area contributed by atoms with Gasteiger partial charge in [-0.15, -0.1) is 0 Å². The van der Waals surface area contributed by atoms with Gasteiger partial charge in [-0.3, -0.25) is 10.1 Å². The third kappa shape index (κ3) is 1.85. The topological polar surface area (TPSA) is 46.4 Å². The molecule has 0 saturated heterocycles. The molecular weight excluding hydrogens is 192 g/mol. The minimum absolute atomic E-state index is 0.202. The maximum absolute atomic E-state index is 10.6. The van der Waals surface area contributed by atoms with Gasteiger partial charge in [0.1, 0.15) is 0 Å². The molecule has 4 heteroatoms. The minimum atomic E-state index is -0.330. The molecule has 0 radical (unpaired) electrons. The number of rotatable bonds is 2. The molecule has 80 valence electrons. The number of likely N-dealkylation sites (N-methyl/N-ethyl adjacent to an activating group) is 1. The summed E-state index contributed by atoms with van der Waals surface area (Å²) >= 11 is 0. The van der Waals surface area contributed by atoms with E-state index in [4.69, 9.17) is 0 Å². The second-order valence-electron chi connectivity index (χ2n) is 4.24. The maximum atomic E-state index is 10.6. The molecular formula is C11H14N2O2. The molecule has 1 aromatic carbocycles. The number of hydrogen-bond donors (Lipinski definition) is 0. The van der Waals surface area contributed by atoms with Gasteiger partial charge in [0, 0.05) is 18.2 Å². The van der Waals surface area contributed by atoms with E-state index >= 15 is 0 Å². The molecule has 0 aromatic heterocycles. The van der Waals surface area contributed by atoms with E-state index in [1.165, 1.54) is 5.56 Å². The summed E-state index contributed by atoms with van der Waals surface area (Å²) in [7, 11) is 4.09. The van der Waals surface area contributed by atoms with Crippen molar-refractivity contribution in [2.75, 3.05) is 14.1 Å². The summed E-state index contributed by atoms with van der Waals surface area (Å²) in [5, 5.41) is 10.6. The summed E-state index contributed by atoms with van der Waals surface area (Å²) < 4.78 is 0. The SMILES string of the molecule is CN(C)C1Cc2ccc([N+](=O)[O-])cc2C1. The molecule has 0 spiro atoms. The number of nitrogens with zero attached hydrogens (tertiary/aromatic N) is 2. The van der Waals surface area contributed by atoms with Crippen molar-refractivity contribution in [3.63, 3.8) is 0 Å². The minimum Gasteiger partial charge on any atom is -0.306 e. The van der Waals surface area contributed by atoms with E-state index in [9.17, 15) is 10.1 Å². The Kier molecular flexibility index (Phi) is 2.44. The van der Waals surface area contributed by atoms with E-state index in [1.54, 1.807) is 12.1 Å². The van der Waals surface area contributed by atoms with E-state index in [-0.39, 0.29) is 10.6 Å². The van der Waals surface area contributed by atoms with Crippen molar-refractivity contribution >= 4 is 5.69 Å². The molecule has 0 N–H and O–H groups in total. The molecule has 0 fully saturated rings. The van der Waals surface area contributed by atoms with Gasteiger partial charge in [0.05, 0.1) is 4.92 Å². The molecule has 1 aliphatic carbocycles. The number of benzene rings is 1. The zero-order valence-electron chi connectivity index (χ0n) is 8.93. The Bertz CT molecular complexity index is 402. The second kappa shape index (κ2) is 3.62. The normalized spacial score (nSPS) is 19.3. The highest BCUT2D eigenvalue weighted by Crippen LogP contribution is 2.27. The second-order valence-corrected chi connectivity index (χ2v) is 4.24. The van der Waals surface area contributed by atoms with Crippen molar-refractivity contribution in [1.82, 2.24) is 4.90 Å². The van der Waals surface area contributed by atoms with Gasteiger partial charge in [0.15, 0.2) is 0 Å². The van der Waals surface area contributed by atoms with Gasteiger partial charge in [-0.2, -0.15) is 0 Å². The van der Waals surface area contributed by atoms with Crippen LogP contribution < -0.4 is 0 Å². The van der Waals surface area contributed by atoms with Crippen molar-refractivity contribution < 1.29 is 4.92 Å². The number of non-ortho nitro benzene ring substituents is 1. The molecule has 1 aromatic rings. The van der Waals surface area contributed by atoms with E-state index in [0.717, 1.165) is 18.4 Å². The molecule has 0 aliphatic heterocycles. The third-order valence-electron chi connectivity index (χ3n) is 3.04. The fourth-order valence-corrected chi connectivity index (χ4v) is 2.06. The van der Waals surface area contributed by atoms with E-state index in [0.29, 0.717) is 6.04 Å². The fourth-order valence-electron chi connectivity index (χ4n) is 2.06. The van der Waals surface area contributed by atoms with Crippen molar-refractivity contribution in [2.45, 2.75) is 18.9 Å². The molecule has 0 saturated carbocycles. The van der Waals surface area contributed by atoms with Crippen LogP contribution in [0.25, 0.3) is 0 Å². The molecule has 15 heavy (non-hydrogen) atoms. The molecule has 0 bridgehead atoms. The monoisotopic (exact) mass is 206 g/mol. The summed E-state index contributed by atoms with van der Waals surface area (Å²) in [6.07, 6.45) is 1.92. The van der Waals surface area contributed by atoms with E-state index in [1.807, 2.05) is 20.2 Å². The largest absolute Gasteiger partial charge is 0.306 e. The first-order valence-electron chi connectivity index (χ1n) is 5.00. The number of nitro groups is 1. The average Bonchev–Trinajstić information content (AvgIpc) is 2.59. The van der Waals surface area contributed by atoms with Crippen LogP contribution in [0, 0.1) is 10.1 Å². The van der Waals surface area contributed by atoms with Gasteiger partial charge in [-0.05, 0) is 38.1 Å². The lowest BCUT2D eigenvalue weighted by Crippen LogP contribution is -2.27. The summed E-state index contributed by atoms with van der Waals surface area (Å²) in [4.78, 5) is 12.5. The highest BCUT2D eigenvalue weighted by molar-refractivity contribution is 5.43. The van der Waals surface area contributed by atoms with Gasteiger partial charge < -0.3 is 4.90 Å². The van der Waals surface area contributed by atoms with Crippen molar-refractivity contribution in [2.24, 2.45) is 0 Å². The van der Waals surface area contributed by atoms with Gasteiger partial charge >= 0.3 is 0 Å². The lowest BCUT2D eigenvalue weighted by atomic mass is 10.1. The van der Waals surface area contributed by atoms with E-state index < -0.39 is 0 Å². The van der Waals surface area contributed by atoms with Gasteiger partial charge in [0.2, 0.25) is 0 Å². The van der Waals surface area contributed by atoms with Crippen LogP contribution in [0.15, 0.2) is 18.2 Å². The predicted molar refractivity (Wildman–Crippen MR) is 58.0 cm³/mol. The Morgan fingerprint density at radius 2 is 2.00 bits per heavy atom. The summed E-state index contributed by atoms with van der Waals surface area (Å²) in [5.74, 6) is 0. The highest BCUT2D eigenvalue weighted by Gasteiger charge is 2.24. The van der Waals surface area contributed by atoms with Crippen molar-refractivity contribution in [1.29, 1.82) is 0 Å². The van der Waals surface area contributed by atoms with Crippen LogP contribution in [0.4, 0.5) is 5.69 Å². The Morgan fingerprint density at radius 3 is 2.60 bits per heavy atom. The zero-order chi connectivity index (χ0) is 11.0. The molecule has 0 amide bonds. The molecule has 1 unspecified atom stereocenters. The fraction of sp³-hybridized carbons (Fsp3) is 0.455. The Hall–Kier alpha value is -1.42. The van der Waals surface area contributed by atoms with Crippen molar-refractivity contribution in [3.8, 4) is 0 Å². The number of nitro benzene ring substituents is 1. The van der Waals surface area contributed by atoms with Gasteiger partial charge in [-0.25, -0.2) is 0 Å². The van der Waals surface area contributed by atoms with Crippen molar-refractivity contribution in [3.05, 3.63) is 39.4 Å². The first-order chi connectivity index (χ1) is 7.08. The highest BCUT2D eigenvalue weighted by atomic mass is 16.6. The Labute approximate surface area is 88.7 Å². The lowest BCUT2D eigenvalue weighted by Gasteiger charge is -2.17. The molecule has 1 atom stereocenters. The van der Waals surface area contributed by atoms with Crippen LogP contribution in [-0.4, -0.2) is 30.0 Å². The smallest absolute Gasteiger partial charge is 0.269 e. The maximum Gasteiger partial charge on any atom is 0.269 e. The quantitative estimate of drug-likeness (QED) is 0.545. The van der Waals surface area contributed by atoms with Crippen LogP contribution in [0.2, 0.25) is 0 Å². The van der Waals surface area contributed by atoms with Gasteiger partial charge in [0.25, 0.3) is 5.69 Å². The molecule has 2 rings (SSSR count). The molecule has 0 heterocycles. The lowest BCUT2D eigenvalue weighted by molar-refractivity contribution is -0.384. The number of hydrogen-bond acceptors (Lipinski definition) is 3. The van der Waals surface area contributed by atoms with Crippen LogP contribution in [0.1, 0.15) is 11.1 Å². The molecule has 1 aliphatic rings. The third-order valence-corrected chi connectivity index (χ3v) is 3.04. The van der Waals surface area contributed by atoms with Crippen LogP contribution in [0.5, 0.6) is 0 Å². The predicted octanol–water partition coefficient (Wildman–Crippen LogP) is 1.62. The Balaban J connectivity index is 2.27. The van der Waals surface area contributed by atoms with Crippen LogP contribution in [0.3, 0.4) is 0 Å². The zero-order valence-corrected chi connectivity index (χ0v) is 8.93. The van der Waals surface area contributed by atoms with Gasteiger partial charge in [-0.1, -0.05) is 6.07 Å². The summed E-state index contributed by atoms with van der Waals surface area (Å²) in [6.45, 7) is 0.